The maximum Gasteiger partial charge on any atom is 0.266 e. The van der Waals surface area contributed by atoms with Gasteiger partial charge >= 0.3 is 0 Å². The number of nitrogens with zero attached hydrogens (tertiary/aromatic N) is 1. The van der Waals surface area contributed by atoms with Gasteiger partial charge in [0.2, 0.25) is 5.91 Å². The number of thiocarbonyl (C=S) groups is 1. The fourth-order valence-corrected chi connectivity index (χ4v) is 3.43. The number of halogens is 1. The molecule has 1 aliphatic heterocycles. The molecule has 1 fully saturated rings. The van der Waals surface area contributed by atoms with Gasteiger partial charge in [-0.05, 0) is 18.6 Å². The van der Waals surface area contributed by atoms with E-state index in [1.54, 1.807) is 18.2 Å². The number of unbranched alkanes of at least 4 members (excludes halogenated alkanes) is 1. The lowest BCUT2D eigenvalue weighted by atomic mass is 10.2. The molecule has 0 aliphatic carbocycles. The minimum absolute atomic E-state index is 0.101. The first kappa shape index (κ1) is 18.6. The number of amides is 2. The fraction of sp³-hybridized carbons (Fsp3) is 0.353. The van der Waals surface area contributed by atoms with Crippen LogP contribution in [0.4, 0.5) is 4.39 Å². The molecule has 1 aromatic rings. The molecular weight excluding hydrogens is 347 g/mol. The molecule has 1 saturated heterocycles. The molecule has 1 aromatic carbocycles. The van der Waals surface area contributed by atoms with E-state index in [2.05, 4.69) is 5.32 Å². The van der Waals surface area contributed by atoms with Gasteiger partial charge in [0, 0.05) is 25.1 Å². The third-order valence-corrected chi connectivity index (χ3v) is 4.86. The van der Waals surface area contributed by atoms with E-state index in [1.165, 1.54) is 17.0 Å². The molecule has 0 spiro atoms. The van der Waals surface area contributed by atoms with Crippen molar-refractivity contribution in [3.8, 4) is 0 Å². The number of carbonyl (C=O) groups excluding carboxylic acids is 2. The highest BCUT2D eigenvalue weighted by molar-refractivity contribution is 8.26. The van der Waals surface area contributed by atoms with Crippen LogP contribution in [-0.2, 0) is 9.59 Å². The van der Waals surface area contributed by atoms with Crippen LogP contribution in [0, 0.1) is 5.82 Å². The molecule has 4 nitrogen and oxygen atoms in total. The molecule has 0 saturated carbocycles. The Balaban J connectivity index is 1.97. The highest BCUT2D eigenvalue weighted by atomic mass is 32.2. The van der Waals surface area contributed by atoms with Crippen molar-refractivity contribution in [1.82, 2.24) is 10.2 Å². The van der Waals surface area contributed by atoms with E-state index in [4.69, 9.17) is 12.2 Å². The number of thioether (sulfide) groups is 1. The maximum absolute atomic E-state index is 13.7. The van der Waals surface area contributed by atoms with Gasteiger partial charge in [-0.3, -0.25) is 14.5 Å². The highest BCUT2D eigenvalue weighted by Crippen LogP contribution is 2.32. The number of hydrogen-bond acceptors (Lipinski definition) is 4. The minimum Gasteiger partial charge on any atom is -0.356 e. The summed E-state index contributed by atoms with van der Waals surface area (Å²) in [5.41, 5.74) is 0.343. The summed E-state index contributed by atoms with van der Waals surface area (Å²) in [6.07, 6.45) is 3.63. The molecule has 1 heterocycles. The summed E-state index contributed by atoms with van der Waals surface area (Å²) in [6, 6.07) is 6.24. The van der Waals surface area contributed by atoms with Crippen LogP contribution in [-0.4, -0.2) is 34.1 Å². The summed E-state index contributed by atoms with van der Waals surface area (Å²) in [4.78, 5) is 25.9. The van der Waals surface area contributed by atoms with Crippen LogP contribution in [0.2, 0.25) is 0 Å². The maximum atomic E-state index is 13.7. The molecule has 24 heavy (non-hydrogen) atoms. The third kappa shape index (κ3) is 4.88. The van der Waals surface area contributed by atoms with Gasteiger partial charge in [-0.1, -0.05) is 55.5 Å². The zero-order valence-corrected chi connectivity index (χ0v) is 15.0. The molecule has 128 valence electrons. The van der Waals surface area contributed by atoms with Crippen molar-refractivity contribution in [2.45, 2.75) is 26.2 Å². The van der Waals surface area contributed by atoms with Crippen LogP contribution in [0.3, 0.4) is 0 Å². The summed E-state index contributed by atoms with van der Waals surface area (Å²) < 4.78 is 14.1. The lowest BCUT2D eigenvalue weighted by Gasteiger charge is -2.14. The minimum atomic E-state index is -0.391. The quantitative estimate of drug-likeness (QED) is 0.457. The SMILES string of the molecule is CCCCNC(=O)CCN1C(=O)C(=Cc2ccccc2F)SC1=S. The van der Waals surface area contributed by atoms with Gasteiger partial charge in [0.15, 0.2) is 0 Å². The fourth-order valence-electron chi connectivity index (χ4n) is 2.13. The summed E-state index contributed by atoms with van der Waals surface area (Å²) in [5, 5.41) is 2.80. The normalized spacial score (nSPS) is 16.1. The number of hydrogen-bond donors (Lipinski definition) is 1. The molecule has 0 bridgehead atoms. The van der Waals surface area contributed by atoms with E-state index >= 15 is 0 Å². The van der Waals surface area contributed by atoms with Crippen LogP contribution < -0.4 is 5.32 Å². The summed E-state index contributed by atoms with van der Waals surface area (Å²) >= 11 is 6.33. The first-order valence-corrected chi connectivity index (χ1v) is 9.02. The van der Waals surface area contributed by atoms with Crippen LogP contribution >= 0.6 is 24.0 Å². The van der Waals surface area contributed by atoms with Crippen molar-refractivity contribution in [3.63, 3.8) is 0 Å². The number of carbonyl (C=O) groups is 2. The molecule has 1 N–H and O–H groups in total. The largest absolute Gasteiger partial charge is 0.356 e. The average molecular weight is 366 g/mol. The van der Waals surface area contributed by atoms with E-state index in [0.29, 0.717) is 21.3 Å². The Labute approximate surface area is 150 Å². The van der Waals surface area contributed by atoms with Crippen LogP contribution in [0.1, 0.15) is 31.7 Å². The van der Waals surface area contributed by atoms with Crippen molar-refractivity contribution >= 4 is 46.2 Å². The first-order chi connectivity index (χ1) is 11.5. The average Bonchev–Trinajstić information content (AvgIpc) is 2.82. The summed E-state index contributed by atoms with van der Waals surface area (Å²) in [5.74, 6) is -0.775. The Bertz CT molecular complexity index is 676. The van der Waals surface area contributed by atoms with Gasteiger partial charge in [-0.15, -0.1) is 0 Å². The van der Waals surface area contributed by atoms with E-state index in [0.717, 1.165) is 24.6 Å². The van der Waals surface area contributed by atoms with Crippen LogP contribution in [0.15, 0.2) is 29.2 Å². The lowest BCUT2D eigenvalue weighted by molar-refractivity contribution is -0.123. The van der Waals surface area contributed by atoms with Gasteiger partial charge in [0.05, 0.1) is 4.91 Å². The Kier molecular flexibility index (Phi) is 6.93. The zero-order valence-electron chi connectivity index (χ0n) is 13.4. The topological polar surface area (TPSA) is 49.4 Å². The van der Waals surface area contributed by atoms with Gasteiger partial charge in [-0.25, -0.2) is 4.39 Å². The van der Waals surface area contributed by atoms with Crippen molar-refractivity contribution in [2.75, 3.05) is 13.1 Å². The Hall–Kier alpha value is -1.73. The van der Waals surface area contributed by atoms with Gasteiger partial charge < -0.3 is 5.32 Å². The second-order valence-corrected chi connectivity index (χ2v) is 6.98. The van der Waals surface area contributed by atoms with Crippen molar-refractivity contribution in [2.24, 2.45) is 0 Å². The number of nitrogens with one attached hydrogen (secondary N) is 1. The Morgan fingerprint density at radius 2 is 2.17 bits per heavy atom. The number of rotatable bonds is 7. The molecule has 0 atom stereocenters. The zero-order chi connectivity index (χ0) is 17.5. The van der Waals surface area contributed by atoms with E-state index in [9.17, 15) is 14.0 Å². The second-order valence-electron chi connectivity index (χ2n) is 5.31. The second kappa shape index (κ2) is 8.94. The molecule has 0 unspecified atom stereocenters. The smallest absolute Gasteiger partial charge is 0.266 e. The van der Waals surface area contributed by atoms with Gasteiger partial charge in [0.25, 0.3) is 5.91 Å². The van der Waals surface area contributed by atoms with Crippen LogP contribution in [0.25, 0.3) is 6.08 Å². The van der Waals surface area contributed by atoms with E-state index < -0.39 is 5.82 Å². The first-order valence-electron chi connectivity index (χ1n) is 7.79. The predicted octanol–water partition coefficient (Wildman–Crippen LogP) is 3.33. The predicted molar refractivity (Wildman–Crippen MR) is 98.8 cm³/mol. The van der Waals surface area contributed by atoms with Crippen LogP contribution in [0.5, 0.6) is 0 Å². The summed E-state index contributed by atoms with van der Waals surface area (Å²) in [6.45, 7) is 2.92. The highest BCUT2D eigenvalue weighted by Gasteiger charge is 2.32. The molecular formula is C17H19FN2O2S2. The molecule has 0 aromatic heterocycles. The molecule has 2 amide bonds. The standard InChI is InChI=1S/C17H19FN2O2S2/c1-2-3-9-19-15(21)8-10-20-16(22)14(24-17(20)23)11-12-6-4-5-7-13(12)18/h4-7,11H,2-3,8-10H2,1H3,(H,19,21). The van der Waals surface area contributed by atoms with E-state index in [-0.39, 0.29) is 24.8 Å². The lowest BCUT2D eigenvalue weighted by Crippen LogP contribution is -2.33. The molecule has 7 heteroatoms. The molecule has 1 aliphatic rings. The van der Waals surface area contributed by atoms with E-state index in [1.807, 2.05) is 6.92 Å². The van der Waals surface area contributed by atoms with Gasteiger partial charge in [-0.2, -0.15) is 0 Å². The van der Waals surface area contributed by atoms with Crippen molar-refractivity contribution in [3.05, 3.63) is 40.6 Å². The number of benzene rings is 1. The molecule has 2 rings (SSSR count). The Morgan fingerprint density at radius 1 is 1.42 bits per heavy atom. The third-order valence-electron chi connectivity index (χ3n) is 3.48. The van der Waals surface area contributed by atoms with Crippen molar-refractivity contribution in [1.29, 1.82) is 0 Å². The Morgan fingerprint density at radius 3 is 2.88 bits per heavy atom. The summed E-state index contributed by atoms with van der Waals surface area (Å²) in [7, 11) is 0. The van der Waals surface area contributed by atoms with Crippen molar-refractivity contribution < 1.29 is 14.0 Å². The molecule has 0 radical (unpaired) electrons. The monoisotopic (exact) mass is 366 g/mol. The van der Waals surface area contributed by atoms with Gasteiger partial charge in [0.1, 0.15) is 10.1 Å².